The molecule has 1 heterocycles. The molecule has 0 aliphatic rings. The van der Waals surface area contributed by atoms with Crippen molar-refractivity contribution in [2.75, 3.05) is 5.32 Å². The van der Waals surface area contributed by atoms with Crippen LogP contribution in [0, 0.1) is 11.3 Å². The number of rotatable bonds is 9. The molecule has 1 aromatic heterocycles. The summed E-state index contributed by atoms with van der Waals surface area (Å²) in [6.45, 7) is 5.72. The Hall–Kier alpha value is -4.77. The molecule has 4 N–H and O–H groups in total. The van der Waals surface area contributed by atoms with E-state index in [1.807, 2.05) is 60.8 Å². The van der Waals surface area contributed by atoms with E-state index in [2.05, 4.69) is 27.0 Å². The van der Waals surface area contributed by atoms with Crippen molar-refractivity contribution in [1.82, 2.24) is 15.6 Å². The zero-order valence-corrected chi connectivity index (χ0v) is 22.3. The number of anilines is 1. The van der Waals surface area contributed by atoms with E-state index in [4.69, 9.17) is 4.74 Å². The van der Waals surface area contributed by atoms with Crippen molar-refractivity contribution in [3.63, 3.8) is 0 Å². The predicted molar refractivity (Wildman–Crippen MR) is 152 cm³/mol. The topological polar surface area (TPSA) is 119 Å². The standard InChI is InChI=1S/C31H33N5O3/c1-31(2,3)39-30(38)36-27(17-22-20-33-25-15-9-7-13-23(22)25)28(18-32)35-26-16-10-8-14-24(26)29(37)34-19-21-11-5-4-6-12-21/h4-16,20,27-28,33,35H,17,19H2,1-3H3,(H,34,37)(H,36,38)/t27-,28?/m0/s1. The summed E-state index contributed by atoms with van der Waals surface area (Å²) in [5.74, 6) is -0.271. The molecule has 2 amide bonds. The van der Waals surface area contributed by atoms with Gasteiger partial charge in [-0.1, -0.05) is 60.7 Å². The lowest BCUT2D eigenvalue weighted by Gasteiger charge is -2.27. The fraction of sp³-hybridized carbons (Fsp3) is 0.258. The molecule has 0 bridgehead atoms. The van der Waals surface area contributed by atoms with Crippen molar-refractivity contribution < 1.29 is 14.3 Å². The van der Waals surface area contributed by atoms with Gasteiger partial charge in [-0.05, 0) is 56.5 Å². The maximum Gasteiger partial charge on any atom is 0.407 e. The fourth-order valence-corrected chi connectivity index (χ4v) is 4.32. The monoisotopic (exact) mass is 523 g/mol. The number of nitrogens with one attached hydrogen (secondary N) is 4. The van der Waals surface area contributed by atoms with E-state index in [1.165, 1.54) is 0 Å². The molecule has 0 aliphatic heterocycles. The average molecular weight is 524 g/mol. The van der Waals surface area contributed by atoms with Gasteiger partial charge in [0.05, 0.1) is 17.7 Å². The number of nitrogens with zero attached hydrogens (tertiary/aromatic N) is 1. The molecule has 0 saturated heterocycles. The van der Waals surface area contributed by atoms with Crippen LogP contribution in [0.25, 0.3) is 10.9 Å². The minimum absolute atomic E-state index is 0.271. The Labute approximate surface area is 228 Å². The summed E-state index contributed by atoms with van der Waals surface area (Å²) in [4.78, 5) is 29.1. The lowest BCUT2D eigenvalue weighted by molar-refractivity contribution is 0.0502. The number of fused-ring (bicyclic) bond motifs is 1. The van der Waals surface area contributed by atoms with Crippen molar-refractivity contribution in [1.29, 1.82) is 5.26 Å². The van der Waals surface area contributed by atoms with Crippen LogP contribution in [0.3, 0.4) is 0 Å². The largest absolute Gasteiger partial charge is 0.444 e. The number of ether oxygens (including phenoxy) is 1. The van der Waals surface area contributed by atoms with E-state index in [0.717, 1.165) is 22.0 Å². The second kappa shape index (κ2) is 12.2. The van der Waals surface area contributed by atoms with Crippen molar-refractivity contribution in [2.24, 2.45) is 0 Å². The van der Waals surface area contributed by atoms with Crippen LogP contribution in [0.5, 0.6) is 0 Å². The summed E-state index contributed by atoms with van der Waals surface area (Å²) in [5, 5.41) is 20.2. The van der Waals surface area contributed by atoms with Crippen LogP contribution in [0.4, 0.5) is 10.5 Å². The Morgan fingerprint density at radius 1 is 0.974 bits per heavy atom. The van der Waals surface area contributed by atoms with Gasteiger partial charge in [0.25, 0.3) is 5.91 Å². The molecule has 0 spiro atoms. The van der Waals surface area contributed by atoms with Gasteiger partial charge in [-0.25, -0.2) is 4.79 Å². The molecule has 39 heavy (non-hydrogen) atoms. The van der Waals surface area contributed by atoms with Crippen molar-refractivity contribution in [3.8, 4) is 6.07 Å². The summed E-state index contributed by atoms with van der Waals surface area (Å²) in [6, 6.07) is 25.2. The van der Waals surface area contributed by atoms with Crippen LogP contribution in [-0.4, -0.2) is 34.7 Å². The Balaban J connectivity index is 1.57. The van der Waals surface area contributed by atoms with Crippen LogP contribution < -0.4 is 16.0 Å². The molecule has 0 radical (unpaired) electrons. The van der Waals surface area contributed by atoms with Gasteiger partial charge < -0.3 is 25.7 Å². The molecule has 4 aromatic rings. The average Bonchev–Trinajstić information content (AvgIpc) is 3.32. The first-order valence-corrected chi connectivity index (χ1v) is 12.9. The van der Waals surface area contributed by atoms with Crippen molar-refractivity contribution in [2.45, 2.75) is 51.4 Å². The zero-order chi connectivity index (χ0) is 27.8. The molecule has 0 saturated carbocycles. The molecule has 8 nitrogen and oxygen atoms in total. The quantitative estimate of drug-likeness (QED) is 0.230. The molecule has 3 aromatic carbocycles. The predicted octanol–water partition coefficient (Wildman–Crippen LogP) is 5.54. The molecular weight excluding hydrogens is 490 g/mol. The van der Waals surface area contributed by atoms with Gasteiger partial charge in [-0.2, -0.15) is 5.26 Å². The molecule has 0 aliphatic carbocycles. The normalized spacial score (nSPS) is 12.7. The third-order valence-corrected chi connectivity index (χ3v) is 6.14. The number of aromatic nitrogens is 1. The Morgan fingerprint density at radius 3 is 2.41 bits per heavy atom. The first kappa shape index (κ1) is 27.3. The Morgan fingerprint density at radius 2 is 1.67 bits per heavy atom. The third kappa shape index (κ3) is 7.39. The van der Waals surface area contributed by atoms with Gasteiger partial charge in [0, 0.05) is 29.3 Å². The molecule has 2 atom stereocenters. The van der Waals surface area contributed by atoms with Crippen molar-refractivity contribution >= 4 is 28.6 Å². The maximum atomic E-state index is 13.1. The highest BCUT2D eigenvalue weighted by Crippen LogP contribution is 2.22. The SMILES string of the molecule is CC(C)(C)OC(=O)N[C@@H](Cc1c[nH]c2ccccc12)C(C#N)Nc1ccccc1C(=O)NCc1ccccc1. The van der Waals surface area contributed by atoms with Crippen LogP contribution in [0.15, 0.2) is 85.1 Å². The highest BCUT2D eigenvalue weighted by Gasteiger charge is 2.28. The summed E-state index contributed by atoms with van der Waals surface area (Å²) in [5.41, 5.74) is 3.08. The van der Waals surface area contributed by atoms with Gasteiger partial charge >= 0.3 is 6.09 Å². The number of carbonyl (C=O) groups is 2. The number of hydrogen-bond acceptors (Lipinski definition) is 5. The van der Waals surface area contributed by atoms with Crippen molar-refractivity contribution in [3.05, 3.63) is 102 Å². The lowest BCUT2D eigenvalue weighted by atomic mass is 9.99. The van der Waals surface area contributed by atoms with Crippen LogP contribution in [-0.2, 0) is 17.7 Å². The van der Waals surface area contributed by atoms with E-state index < -0.39 is 23.8 Å². The maximum absolute atomic E-state index is 13.1. The number of alkyl carbamates (subject to hydrolysis) is 1. The molecular formula is C31H33N5O3. The summed E-state index contributed by atoms with van der Waals surface area (Å²) >= 11 is 0. The number of H-pyrrole nitrogens is 1. The minimum Gasteiger partial charge on any atom is -0.444 e. The second-order valence-corrected chi connectivity index (χ2v) is 10.3. The highest BCUT2D eigenvalue weighted by molar-refractivity contribution is 5.99. The fourth-order valence-electron chi connectivity index (χ4n) is 4.32. The number of hydrogen-bond donors (Lipinski definition) is 4. The van der Waals surface area contributed by atoms with E-state index in [1.54, 1.807) is 45.0 Å². The molecule has 8 heteroatoms. The smallest absolute Gasteiger partial charge is 0.407 e. The van der Waals surface area contributed by atoms with Gasteiger partial charge in [-0.15, -0.1) is 0 Å². The molecule has 4 rings (SSSR count). The van der Waals surface area contributed by atoms with Crippen LogP contribution >= 0.6 is 0 Å². The number of nitriles is 1. The second-order valence-electron chi connectivity index (χ2n) is 10.3. The summed E-state index contributed by atoms with van der Waals surface area (Å²) < 4.78 is 5.50. The molecule has 1 unspecified atom stereocenters. The number of para-hydroxylation sites is 2. The first-order chi connectivity index (χ1) is 18.7. The zero-order valence-electron chi connectivity index (χ0n) is 22.3. The van der Waals surface area contributed by atoms with Gasteiger partial charge in [0.1, 0.15) is 11.6 Å². The minimum atomic E-state index is -0.866. The highest BCUT2D eigenvalue weighted by atomic mass is 16.6. The van der Waals surface area contributed by atoms with E-state index in [9.17, 15) is 14.9 Å². The van der Waals surface area contributed by atoms with Crippen LogP contribution in [0.1, 0.15) is 42.3 Å². The van der Waals surface area contributed by atoms with E-state index >= 15 is 0 Å². The Bertz CT molecular complexity index is 1470. The number of aromatic amines is 1. The third-order valence-electron chi connectivity index (χ3n) is 6.14. The molecule has 200 valence electrons. The Kier molecular flexibility index (Phi) is 8.52. The number of amides is 2. The summed E-state index contributed by atoms with van der Waals surface area (Å²) in [7, 11) is 0. The first-order valence-electron chi connectivity index (χ1n) is 12.9. The summed E-state index contributed by atoms with van der Waals surface area (Å²) in [6.07, 6.45) is 1.62. The van der Waals surface area contributed by atoms with Gasteiger partial charge in [0.2, 0.25) is 0 Å². The van der Waals surface area contributed by atoms with Gasteiger partial charge in [0.15, 0.2) is 0 Å². The van der Waals surface area contributed by atoms with Crippen LogP contribution in [0.2, 0.25) is 0 Å². The van der Waals surface area contributed by atoms with E-state index in [-0.39, 0.29) is 5.91 Å². The molecule has 0 fully saturated rings. The number of benzene rings is 3. The lowest BCUT2D eigenvalue weighted by Crippen LogP contribution is -2.49. The van der Waals surface area contributed by atoms with Gasteiger partial charge in [-0.3, -0.25) is 4.79 Å². The number of carbonyl (C=O) groups excluding carboxylic acids is 2. The van der Waals surface area contributed by atoms with E-state index in [0.29, 0.717) is 24.2 Å².